The number of nitrogens with one attached hydrogen (secondary N) is 1. The van der Waals surface area contributed by atoms with Crippen molar-refractivity contribution in [2.24, 2.45) is 11.8 Å². The zero-order valence-corrected chi connectivity index (χ0v) is 14.0. The maximum Gasteiger partial charge on any atom is 0.128 e. The van der Waals surface area contributed by atoms with E-state index >= 15 is 0 Å². The van der Waals surface area contributed by atoms with Crippen LogP contribution in [0.15, 0.2) is 6.20 Å². The SMILES string of the molecule is COc1c(C)cnc(CNCCC2CCC(C)CC2)c1C. The van der Waals surface area contributed by atoms with Gasteiger partial charge in [-0.2, -0.15) is 0 Å². The number of aryl methyl sites for hydroxylation is 1. The van der Waals surface area contributed by atoms with Crippen molar-refractivity contribution in [3.05, 3.63) is 23.0 Å². The summed E-state index contributed by atoms with van der Waals surface area (Å²) in [5, 5.41) is 3.55. The minimum absolute atomic E-state index is 0.839. The standard InChI is InChI=1S/C18H30N2O/c1-13-5-7-16(8-6-13)9-10-19-12-17-15(3)18(21-4)14(2)11-20-17/h11,13,16,19H,5-10,12H2,1-4H3. The van der Waals surface area contributed by atoms with Crippen LogP contribution in [0.25, 0.3) is 0 Å². The van der Waals surface area contributed by atoms with Crippen LogP contribution in [0.3, 0.4) is 0 Å². The van der Waals surface area contributed by atoms with E-state index in [1.165, 1.54) is 32.1 Å². The fourth-order valence-electron chi connectivity index (χ4n) is 3.38. The molecule has 21 heavy (non-hydrogen) atoms. The molecule has 1 fully saturated rings. The molecular formula is C18H30N2O. The summed E-state index contributed by atoms with van der Waals surface area (Å²) < 4.78 is 5.46. The van der Waals surface area contributed by atoms with Crippen molar-refractivity contribution in [2.75, 3.05) is 13.7 Å². The molecule has 1 aromatic heterocycles. The molecule has 0 saturated heterocycles. The highest BCUT2D eigenvalue weighted by Crippen LogP contribution is 2.30. The highest BCUT2D eigenvalue weighted by Gasteiger charge is 2.17. The van der Waals surface area contributed by atoms with E-state index in [2.05, 4.69) is 24.1 Å². The van der Waals surface area contributed by atoms with E-state index in [9.17, 15) is 0 Å². The number of aromatic nitrogens is 1. The monoisotopic (exact) mass is 290 g/mol. The van der Waals surface area contributed by atoms with Crippen LogP contribution in [0.4, 0.5) is 0 Å². The van der Waals surface area contributed by atoms with Crippen LogP contribution in [-0.4, -0.2) is 18.6 Å². The molecule has 1 heterocycles. The third kappa shape index (κ3) is 4.44. The highest BCUT2D eigenvalue weighted by molar-refractivity contribution is 5.40. The molecular weight excluding hydrogens is 260 g/mol. The van der Waals surface area contributed by atoms with Gasteiger partial charge in [0, 0.05) is 23.9 Å². The van der Waals surface area contributed by atoms with Gasteiger partial charge < -0.3 is 10.1 Å². The zero-order valence-electron chi connectivity index (χ0n) is 14.0. The lowest BCUT2D eigenvalue weighted by Gasteiger charge is -2.26. The first-order valence-electron chi connectivity index (χ1n) is 8.31. The van der Waals surface area contributed by atoms with Crippen LogP contribution in [0.1, 0.15) is 55.8 Å². The Bertz CT molecular complexity index is 451. The molecule has 0 spiro atoms. The average Bonchev–Trinajstić information content (AvgIpc) is 2.48. The maximum atomic E-state index is 5.46. The largest absolute Gasteiger partial charge is 0.496 e. The number of nitrogens with zero attached hydrogens (tertiary/aromatic N) is 1. The van der Waals surface area contributed by atoms with Gasteiger partial charge >= 0.3 is 0 Å². The summed E-state index contributed by atoms with van der Waals surface area (Å²) in [5.41, 5.74) is 3.38. The highest BCUT2D eigenvalue weighted by atomic mass is 16.5. The molecule has 0 bridgehead atoms. The summed E-state index contributed by atoms with van der Waals surface area (Å²) in [6, 6.07) is 0. The summed E-state index contributed by atoms with van der Waals surface area (Å²) in [6.45, 7) is 8.45. The molecule has 0 aliphatic heterocycles. The van der Waals surface area contributed by atoms with Crippen LogP contribution in [0, 0.1) is 25.7 Å². The summed E-state index contributed by atoms with van der Waals surface area (Å²) in [7, 11) is 1.73. The van der Waals surface area contributed by atoms with Gasteiger partial charge in [0.15, 0.2) is 0 Å². The van der Waals surface area contributed by atoms with E-state index in [1.54, 1.807) is 7.11 Å². The van der Waals surface area contributed by atoms with Crippen molar-refractivity contribution in [1.82, 2.24) is 10.3 Å². The van der Waals surface area contributed by atoms with E-state index < -0.39 is 0 Å². The summed E-state index contributed by atoms with van der Waals surface area (Å²) >= 11 is 0. The first-order chi connectivity index (χ1) is 10.1. The second-order valence-corrected chi connectivity index (χ2v) is 6.64. The van der Waals surface area contributed by atoms with Gasteiger partial charge in [0.1, 0.15) is 5.75 Å². The van der Waals surface area contributed by atoms with Crippen LogP contribution in [0.5, 0.6) is 5.75 Å². The third-order valence-electron chi connectivity index (χ3n) is 4.91. The van der Waals surface area contributed by atoms with E-state index in [4.69, 9.17) is 4.74 Å². The lowest BCUT2D eigenvalue weighted by molar-refractivity contribution is 0.275. The Balaban J connectivity index is 1.76. The molecule has 0 amide bonds. The fourth-order valence-corrected chi connectivity index (χ4v) is 3.38. The van der Waals surface area contributed by atoms with Crippen LogP contribution in [0.2, 0.25) is 0 Å². The number of methoxy groups -OCH3 is 1. The minimum atomic E-state index is 0.839. The lowest BCUT2D eigenvalue weighted by atomic mass is 9.81. The predicted octanol–water partition coefficient (Wildman–Crippen LogP) is 4.01. The Morgan fingerprint density at radius 1 is 1.24 bits per heavy atom. The van der Waals surface area contributed by atoms with Crippen molar-refractivity contribution in [3.63, 3.8) is 0 Å². The Hall–Kier alpha value is -1.09. The molecule has 0 radical (unpaired) electrons. The number of ether oxygens (including phenoxy) is 1. The van der Waals surface area contributed by atoms with E-state index in [1.807, 2.05) is 13.1 Å². The topological polar surface area (TPSA) is 34.1 Å². The minimum Gasteiger partial charge on any atom is -0.496 e. The van der Waals surface area contributed by atoms with Gasteiger partial charge in [-0.1, -0.05) is 32.6 Å². The smallest absolute Gasteiger partial charge is 0.128 e. The molecule has 3 heteroatoms. The van der Waals surface area contributed by atoms with Gasteiger partial charge in [-0.15, -0.1) is 0 Å². The molecule has 0 unspecified atom stereocenters. The quantitative estimate of drug-likeness (QED) is 0.804. The van der Waals surface area contributed by atoms with Gasteiger partial charge in [0.05, 0.1) is 12.8 Å². The van der Waals surface area contributed by atoms with Gasteiger partial charge in [0.25, 0.3) is 0 Å². The summed E-state index contributed by atoms with van der Waals surface area (Å²) in [6.07, 6.45) is 8.87. The van der Waals surface area contributed by atoms with Crippen molar-refractivity contribution in [3.8, 4) is 5.75 Å². The molecule has 1 aromatic rings. The fraction of sp³-hybridized carbons (Fsp3) is 0.722. The third-order valence-corrected chi connectivity index (χ3v) is 4.91. The zero-order chi connectivity index (χ0) is 15.2. The number of hydrogen-bond donors (Lipinski definition) is 1. The molecule has 118 valence electrons. The average molecular weight is 290 g/mol. The Kier molecular flexibility index (Phi) is 6.04. The first-order valence-corrected chi connectivity index (χ1v) is 8.31. The van der Waals surface area contributed by atoms with E-state index in [0.29, 0.717) is 0 Å². The molecule has 3 nitrogen and oxygen atoms in total. The van der Waals surface area contributed by atoms with Crippen LogP contribution >= 0.6 is 0 Å². The lowest BCUT2D eigenvalue weighted by Crippen LogP contribution is -2.21. The molecule has 0 aromatic carbocycles. The second-order valence-electron chi connectivity index (χ2n) is 6.64. The summed E-state index contributed by atoms with van der Waals surface area (Å²) in [5.74, 6) is 2.85. The molecule has 0 atom stereocenters. The Morgan fingerprint density at radius 3 is 2.62 bits per heavy atom. The van der Waals surface area contributed by atoms with E-state index in [0.717, 1.165) is 47.5 Å². The van der Waals surface area contributed by atoms with Crippen LogP contribution < -0.4 is 10.1 Å². The molecule has 1 saturated carbocycles. The summed E-state index contributed by atoms with van der Waals surface area (Å²) in [4.78, 5) is 4.54. The normalized spacial score (nSPS) is 22.3. The first kappa shape index (κ1) is 16.3. The van der Waals surface area contributed by atoms with Crippen molar-refractivity contribution in [1.29, 1.82) is 0 Å². The molecule has 1 aliphatic rings. The number of hydrogen-bond acceptors (Lipinski definition) is 3. The molecule has 1 N–H and O–H groups in total. The Morgan fingerprint density at radius 2 is 1.95 bits per heavy atom. The van der Waals surface area contributed by atoms with Crippen molar-refractivity contribution >= 4 is 0 Å². The van der Waals surface area contributed by atoms with Crippen molar-refractivity contribution < 1.29 is 4.74 Å². The number of pyridine rings is 1. The Labute approximate surface area is 129 Å². The second kappa shape index (κ2) is 7.79. The predicted molar refractivity (Wildman–Crippen MR) is 87.7 cm³/mol. The van der Waals surface area contributed by atoms with Gasteiger partial charge in [0.2, 0.25) is 0 Å². The van der Waals surface area contributed by atoms with Gasteiger partial charge in [-0.3, -0.25) is 4.98 Å². The molecule has 2 rings (SSSR count). The molecule has 1 aliphatic carbocycles. The maximum absolute atomic E-state index is 5.46. The van der Waals surface area contributed by atoms with E-state index in [-0.39, 0.29) is 0 Å². The number of rotatable bonds is 6. The van der Waals surface area contributed by atoms with Gasteiger partial charge in [-0.25, -0.2) is 0 Å². The van der Waals surface area contributed by atoms with Crippen LogP contribution in [-0.2, 0) is 6.54 Å². The van der Waals surface area contributed by atoms with Crippen molar-refractivity contribution in [2.45, 2.75) is 59.4 Å². The van der Waals surface area contributed by atoms with Gasteiger partial charge in [-0.05, 0) is 38.6 Å².